The average Bonchev–Trinajstić information content (AvgIpc) is 3.32. The molecule has 0 radical (unpaired) electrons. The number of primary amides is 1. The molecule has 1 atom stereocenters. The first kappa shape index (κ1) is 15.8. The summed E-state index contributed by atoms with van der Waals surface area (Å²) in [6.45, 7) is 2.48. The predicted molar refractivity (Wildman–Crippen MR) is 84.3 cm³/mol. The summed E-state index contributed by atoms with van der Waals surface area (Å²) in [4.78, 5) is 11.8. The number of aryl methyl sites for hydroxylation is 1. The minimum absolute atomic E-state index is 0.289. The molecule has 0 aliphatic heterocycles. The number of unbranched alkanes of at least 4 members (excludes halogenated alkanes) is 1. The first-order chi connectivity index (χ1) is 10.1. The summed E-state index contributed by atoms with van der Waals surface area (Å²) in [5, 5.41) is 3.09. The molecule has 0 bridgehead atoms. The monoisotopic (exact) mass is 290 g/mol. The predicted octanol–water partition coefficient (Wildman–Crippen LogP) is 2.26. The summed E-state index contributed by atoms with van der Waals surface area (Å²) in [5.74, 6) is 0.757. The fraction of sp³-hybridized carbons (Fsp3) is 0.588. The van der Waals surface area contributed by atoms with Crippen molar-refractivity contribution in [2.75, 3.05) is 13.7 Å². The van der Waals surface area contributed by atoms with Gasteiger partial charge in [0.15, 0.2) is 0 Å². The highest BCUT2D eigenvalue weighted by atomic mass is 16.5. The third kappa shape index (κ3) is 3.76. The average molecular weight is 290 g/mol. The third-order valence-corrected chi connectivity index (χ3v) is 4.37. The molecule has 0 aromatic heterocycles. The minimum atomic E-state index is -0.735. The molecule has 1 amide bonds. The number of likely N-dealkylation sites (N-methyl/N-ethyl adjacent to an activating group) is 1. The van der Waals surface area contributed by atoms with Crippen molar-refractivity contribution in [3.8, 4) is 5.75 Å². The van der Waals surface area contributed by atoms with Gasteiger partial charge in [0.2, 0.25) is 5.91 Å². The second-order valence-corrected chi connectivity index (χ2v) is 5.90. The molecule has 1 aromatic carbocycles. The van der Waals surface area contributed by atoms with Crippen LogP contribution < -0.4 is 15.8 Å². The van der Waals surface area contributed by atoms with Gasteiger partial charge in [-0.2, -0.15) is 0 Å². The number of hydrogen-bond acceptors (Lipinski definition) is 3. The highest BCUT2D eigenvalue weighted by Crippen LogP contribution is 2.39. The lowest BCUT2D eigenvalue weighted by Gasteiger charge is -2.30. The quantitative estimate of drug-likeness (QED) is 0.733. The summed E-state index contributed by atoms with van der Waals surface area (Å²) >= 11 is 0. The second-order valence-electron chi connectivity index (χ2n) is 5.90. The van der Waals surface area contributed by atoms with Gasteiger partial charge < -0.3 is 15.8 Å². The van der Waals surface area contributed by atoms with Crippen LogP contribution in [0.4, 0.5) is 0 Å². The SMILES string of the molecule is CCCCc1ccc(OCC(NC)(C(N)=O)C2CC2)cc1. The van der Waals surface area contributed by atoms with E-state index in [-0.39, 0.29) is 12.5 Å². The summed E-state index contributed by atoms with van der Waals surface area (Å²) in [6, 6.07) is 8.12. The highest BCUT2D eigenvalue weighted by molar-refractivity contribution is 5.85. The van der Waals surface area contributed by atoms with E-state index >= 15 is 0 Å². The number of amides is 1. The number of carbonyl (C=O) groups excluding carboxylic acids is 1. The van der Waals surface area contributed by atoms with Gasteiger partial charge >= 0.3 is 0 Å². The highest BCUT2D eigenvalue weighted by Gasteiger charge is 2.49. The maximum absolute atomic E-state index is 11.8. The molecule has 1 saturated carbocycles. The molecule has 4 heteroatoms. The smallest absolute Gasteiger partial charge is 0.241 e. The normalized spacial score (nSPS) is 17.2. The topological polar surface area (TPSA) is 64.3 Å². The first-order valence-electron chi connectivity index (χ1n) is 7.83. The van der Waals surface area contributed by atoms with E-state index < -0.39 is 5.54 Å². The van der Waals surface area contributed by atoms with E-state index in [0.717, 1.165) is 25.0 Å². The van der Waals surface area contributed by atoms with Crippen molar-refractivity contribution in [2.24, 2.45) is 11.7 Å². The summed E-state index contributed by atoms with van der Waals surface area (Å²) in [5.41, 5.74) is 6.17. The van der Waals surface area contributed by atoms with E-state index in [1.54, 1.807) is 7.05 Å². The molecule has 2 rings (SSSR count). The van der Waals surface area contributed by atoms with Gasteiger partial charge in [-0.3, -0.25) is 4.79 Å². The van der Waals surface area contributed by atoms with Crippen LogP contribution in [0.5, 0.6) is 5.75 Å². The number of ether oxygens (including phenoxy) is 1. The van der Waals surface area contributed by atoms with Crippen molar-refractivity contribution < 1.29 is 9.53 Å². The van der Waals surface area contributed by atoms with Crippen LogP contribution in [0.2, 0.25) is 0 Å². The molecule has 1 aliphatic rings. The zero-order valence-corrected chi connectivity index (χ0v) is 13.0. The Labute approximate surface area is 127 Å². The second kappa shape index (κ2) is 6.94. The maximum Gasteiger partial charge on any atom is 0.241 e. The molecule has 0 saturated heterocycles. The van der Waals surface area contributed by atoms with Gasteiger partial charge in [0, 0.05) is 0 Å². The molecule has 4 nitrogen and oxygen atoms in total. The maximum atomic E-state index is 11.8. The van der Waals surface area contributed by atoms with E-state index in [1.807, 2.05) is 12.1 Å². The number of rotatable bonds is 9. The Morgan fingerprint density at radius 2 is 2.05 bits per heavy atom. The van der Waals surface area contributed by atoms with Crippen LogP contribution in [0.1, 0.15) is 38.2 Å². The van der Waals surface area contributed by atoms with Crippen molar-refractivity contribution in [1.82, 2.24) is 5.32 Å². The zero-order valence-electron chi connectivity index (χ0n) is 13.0. The van der Waals surface area contributed by atoms with Crippen molar-refractivity contribution in [3.05, 3.63) is 29.8 Å². The van der Waals surface area contributed by atoms with Crippen LogP contribution in [0.25, 0.3) is 0 Å². The van der Waals surface area contributed by atoms with Gasteiger partial charge in [0.1, 0.15) is 17.9 Å². The molecular formula is C17H26N2O2. The van der Waals surface area contributed by atoms with Crippen molar-refractivity contribution in [2.45, 2.75) is 44.6 Å². The first-order valence-corrected chi connectivity index (χ1v) is 7.83. The van der Waals surface area contributed by atoms with E-state index in [0.29, 0.717) is 5.92 Å². The van der Waals surface area contributed by atoms with Crippen molar-refractivity contribution >= 4 is 5.91 Å². The third-order valence-electron chi connectivity index (χ3n) is 4.37. The molecule has 1 aromatic rings. The summed E-state index contributed by atoms with van der Waals surface area (Å²) in [6.07, 6.45) is 5.56. The van der Waals surface area contributed by atoms with E-state index in [2.05, 4.69) is 24.4 Å². The van der Waals surface area contributed by atoms with Crippen LogP contribution in [0.15, 0.2) is 24.3 Å². The van der Waals surface area contributed by atoms with Crippen LogP contribution in [0.3, 0.4) is 0 Å². The largest absolute Gasteiger partial charge is 0.491 e. The van der Waals surface area contributed by atoms with E-state index in [9.17, 15) is 4.79 Å². The van der Waals surface area contributed by atoms with E-state index in [1.165, 1.54) is 18.4 Å². The number of hydrogen-bond donors (Lipinski definition) is 2. The number of nitrogens with one attached hydrogen (secondary N) is 1. The Bertz CT molecular complexity index is 468. The number of carbonyl (C=O) groups is 1. The van der Waals surface area contributed by atoms with Crippen LogP contribution in [-0.4, -0.2) is 25.1 Å². The van der Waals surface area contributed by atoms with Crippen LogP contribution in [0, 0.1) is 5.92 Å². The molecule has 3 N–H and O–H groups in total. The van der Waals surface area contributed by atoms with Crippen LogP contribution >= 0.6 is 0 Å². The molecule has 1 unspecified atom stereocenters. The Morgan fingerprint density at radius 1 is 1.38 bits per heavy atom. The Kier molecular flexibility index (Phi) is 5.23. The van der Waals surface area contributed by atoms with Gasteiger partial charge in [-0.25, -0.2) is 0 Å². The Morgan fingerprint density at radius 3 is 2.52 bits per heavy atom. The van der Waals surface area contributed by atoms with Gasteiger partial charge in [-0.15, -0.1) is 0 Å². The lowest BCUT2D eigenvalue weighted by molar-refractivity contribution is -0.126. The zero-order chi connectivity index (χ0) is 15.3. The molecule has 1 fully saturated rings. The standard InChI is InChI=1S/C17H26N2O2/c1-3-4-5-13-6-10-15(11-7-13)21-12-17(19-2,16(18)20)14-8-9-14/h6-7,10-11,14,19H,3-5,8-9,12H2,1-2H3,(H2,18,20). The van der Waals surface area contributed by atoms with Crippen LogP contribution in [-0.2, 0) is 11.2 Å². The molecule has 0 heterocycles. The molecule has 116 valence electrons. The Balaban J connectivity index is 1.96. The van der Waals surface area contributed by atoms with E-state index in [4.69, 9.17) is 10.5 Å². The van der Waals surface area contributed by atoms with Gasteiger partial charge in [0.05, 0.1) is 0 Å². The van der Waals surface area contributed by atoms with Gasteiger partial charge in [-0.1, -0.05) is 25.5 Å². The lowest BCUT2D eigenvalue weighted by Crippen LogP contribution is -2.59. The summed E-state index contributed by atoms with van der Waals surface area (Å²) in [7, 11) is 1.78. The lowest BCUT2D eigenvalue weighted by atomic mass is 9.93. The Hall–Kier alpha value is -1.55. The molecular weight excluding hydrogens is 264 g/mol. The molecule has 0 spiro atoms. The molecule has 1 aliphatic carbocycles. The minimum Gasteiger partial charge on any atom is -0.491 e. The fourth-order valence-corrected chi connectivity index (χ4v) is 2.70. The number of nitrogens with two attached hydrogens (primary N) is 1. The molecule has 21 heavy (non-hydrogen) atoms. The van der Waals surface area contributed by atoms with Crippen molar-refractivity contribution in [1.29, 1.82) is 0 Å². The van der Waals surface area contributed by atoms with Gasteiger partial charge in [0.25, 0.3) is 0 Å². The fourth-order valence-electron chi connectivity index (χ4n) is 2.70. The van der Waals surface area contributed by atoms with Crippen molar-refractivity contribution in [3.63, 3.8) is 0 Å². The number of benzene rings is 1. The van der Waals surface area contributed by atoms with Gasteiger partial charge in [-0.05, 0) is 56.3 Å². The summed E-state index contributed by atoms with van der Waals surface area (Å²) < 4.78 is 5.82.